The third-order valence-electron chi connectivity index (χ3n) is 2.04. The monoisotopic (exact) mass is 252 g/mol. The van der Waals surface area contributed by atoms with Crippen LogP contribution in [0.25, 0.3) is 0 Å². The number of nitrogens with zero attached hydrogens (tertiary/aromatic N) is 2. The summed E-state index contributed by atoms with van der Waals surface area (Å²) in [5.74, 6) is 0.441. The lowest BCUT2D eigenvalue weighted by Crippen LogP contribution is -2.23. The number of nitrogens with two attached hydrogens (primary N) is 1. The molecule has 0 aliphatic rings. The highest BCUT2D eigenvalue weighted by molar-refractivity contribution is 6.33. The number of aromatic nitrogens is 2. The highest BCUT2D eigenvalue weighted by Gasteiger charge is 2.11. The van der Waals surface area contributed by atoms with Crippen molar-refractivity contribution in [2.24, 2.45) is 0 Å². The molecule has 6 nitrogen and oxygen atoms in total. The fourth-order valence-corrected chi connectivity index (χ4v) is 1.41. The molecule has 2 aromatic heterocycles. The van der Waals surface area contributed by atoms with Crippen LogP contribution in [0.3, 0.4) is 0 Å². The number of rotatable bonds is 3. The van der Waals surface area contributed by atoms with Gasteiger partial charge in [-0.25, -0.2) is 4.98 Å². The highest BCUT2D eigenvalue weighted by Crippen LogP contribution is 2.16. The maximum atomic E-state index is 11.8. The normalized spacial score (nSPS) is 10.2. The number of carbonyl (C=O) groups is 1. The van der Waals surface area contributed by atoms with Crippen LogP contribution in [-0.4, -0.2) is 16.0 Å². The van der Waals surface area contributed by atoms with Crippen molar-refractivity contribution in [3.05, 3.63) is 40.9 Å². The quantitative estimate of drug-likeness (QED) is 0.857. The first-order valence-electron chi connectivity index (χ1n) is 4.75. The van der Waals surface area contributed by atoms with Gasteiger partial charge in [-0.15, -0.1) is 0 Å². The average molecular weight is 253 g/mol. The molecule has 0 aromatic carbocycles. The van der Waals surface area contributed by atoms with Crippen LogP contribution in [0, 0.1) is 0 Å². The largest absolute Gasteiger partial charge is 0.384 e. The van der Waals surface area contributed by atoms with Crippen molar-refractivity contribution in [1.82, 2.24) is 15.5 Å². The number of carbonyl (C=O) groups excluding carboxylic acids is 1. The first-order valence-corrected chi connectivity index (χ1v) is 5.13. The second-order valence-electron chi connectivity index (χ2n) is 3.25. The van der Waals surface area contributed by atoms with Crippen LogP contribution in [0.4, 0.5) is 5.82 Å². The van der Waals surface area contributed by atoms with Gasteiger partial charge in [-0.1, -0.05) is 16.8 Å². The molecule has 17 heavy (non-hydrogen) atoms. The number of halogens is 1. The Morgan fingerprint density at radius 3 is 3.12 bits per heavy atom. The maximum absolute atomic E-state index is 11.8. The van der Waals surface area contributed by atoms with E-state index in [-0.39, 0.29) is 28.9 Å². The summed E-state index contributed by atoms with van der Waals surface area (Å²) < 4.78 is 4.84. The summed E-state index contributed by atoms with van der Waals surface area (Å²) in [5.41, 5.74) is 5.75. The number of pyridine rings is 1. The molecule has 2 aromatic rings. The Bertz CT molecular complexity index is 527. The van der Waals surface area contributed by atoms with E-state index in [1.807, 2.05) is 0 Å². The van der Waals surface area contributed by atoms with Crippen LogP contribution in [0.2, 0.25) is 5.02 Å². The molecule has 0 radical (unpaired) electrons. The van der Waals surface area contributed by atoms with Gasteiger partial charge in [0.2, 0.25) is 0 Å². The van der Waals surface area contributed by atoms with E-state index in [0.29, 0.717) is 5.76 Å². The Hall–Kier alpha value is -2.08. The smallest absolute Gasteiger partial charge is 0.253 e. The van der Waals surface area contributed by atoms with Crippen molar-refractivity contribution >= 4 is 23.3 Å². The highest BCUT2D eigenvalue weighted by atomic mass is 35.5. The molecule has 0 aliphatic heterocycles. The number of hydrogen-bond acceptors (Lipinski definition) is 5. The average Bonchev–Trinajstić information content (AvgIpc) is 2.82. The van der Waals surface area contributed by atoms with Gasteiger partial charge in [-0.05, 0) is 6.07 Å². The Balaban J connectivity index is 2.07. The lowest BCUT2D eigenvalue weighted by Gasteiger charge is -2.05. The number of nitrogens with one attached hydrogen (secondary N) is 1. The second-order valence-corrected chi connectivity index (χ2v) is 3.66. The van der Waals surface area contributed by atoms with E-state index >= 15 is 0 Å². The zero-order chi connectivity index (χ0) is 12.3. The van der Waals surface area contributed by atoms with Gasteiger partial charge in [-0.3, -0.25) is 4.79 Å². The minimum absolute atomic E-state index is 0.234. The first kappa shape index (κ1) is 11.4. The molecular weight excluding hydrogens is 244 g/mol. The minimum Gasteiger partial charge on any atom is -0.384 e. The number of amides is 1. The summed E-state index contributed by atoms with van der Waals surface area (Å²) in [4.78, 5) is 15.5. The van der Waals surface area contributed by atoms with E-state index in [0.717, 1.165) is 0 Å². The topological polar surface area (TPSA) is 94.0 Å². The van der Waals surface area contributed by atoms with Crippen LogP contribution in [-0.2, 0) is 6.54 Å². The molecule has 0 atom stereocenters. The van der Waals surface area contributed by atoms with Crippen LogP contribution in [0.15, 0.2) is 29.0 Å². The van der Waals surface area contributed by atoms with Gasteiger partial charge in [0, 0.05) is 12.3 Å². The molecule has 0 fully saturated rings. The fourth-order valence-electron chi connectivity index (χ4n) is 1.22. The van der Waals surface area contributed by atoms with Crippen LogP contribution in [0.5, 0.6) is 0 Å². The predicted molar refractivity (Wildman–Crippen MR) is 61.3 cm³/mol. The summed E-state index contributed by atoms with van der Waals surface area (Å²) >= 11 is 5.84. The van der Waals surface area contributed by atoms with Crippen LogP contribution < -0.4 is 11.1 Å². The summed E-state index contributed by atoms with van der Waals surface area (Å²) in [6, 6.07) is 3.07. The van der Waals surface area contributed by atoms with Crippen LogP contribution >= 0.6 is 11.6 Å². The summed E-state index contributed by atoms with van der Waals surface area (Å²) in [5, 5.41) is 6.40. The Morgan fingerprint density at radius 2 is 2.41 bits per heavy atom. The van der Waals surface area contributed by atoms with Gasteiger partial charge in [-0.2, -0.15) is 0 Å². The van der Waals surface area contributed by atoms with E-state index in [9.17, 15) is 4.79 Å². The summed E-state index contributed by atoms with van der Waals surface area (Å²) in [6.45, 7) is 0.234. The third-order valence-corrected chi connectivity index (χ3v) is 2.34. The van der Waals surface area contributed by atoms with Crippen molar-refractivity contribution in [2.75, 3.05) is 5.73 Å². The molecule has 1 amide bonds. The number of nitrogen functional groups attached to an aromatic ring is 1. The first-order chi connectivity index (χ1) is 8.16. The van der Waals surface area contributed by atoms with Gasteiger partial charge in [0.05, 0.1) is 23.3 Å². The predicted octanol–water partition coefficient (Wildman–Crippen LogP) is 1.24. The molecule has 88 valence electrons. The lowest BCUT2D eigenvalue weighted by atomic mass is 10.2. The molecule has 0 bridgehead atoms. The molecule has 3 N–H and O–H groups in total. The van der Waals surface area contributed by atoms with Crippen molar-refractivity contribution in [2.45, 2.75) is 6.54 Å². The Kier molecular flexibility index (Phi) is 3.24. The summed E-state index contributed by atoms with van der Waals surface area (Å²) in [7, 11) is 0. The molecule has 0 saturated carbocycles. The van der Waals surface area contributed by atoms with Gasteiger partial charge in [0.25, 0.3) is 5.91 Å². The molecule has 0 spiro atoms. The van der Waals surface area contributed by atoms with Crippen LogP contribution in [0.1, 0.15) is 16.1 Å². The second kappa shape index (κ2) is 4.84. The standard InChI is InChI=1S/C10H9ClN4O2/c11-8-5-13-9(12)3-7(8)10(16)14-4-6-1-2-15-17-6/h1-3,5H,4H2,(H2,12,13)(H,14,16). The number of hydrogen-bond donors (Lipinski definition) is 2. The molecular formula is C10H9ClN4O2. The van der Waals surface area contributed by atoms with E-state index in [4.69, 9.17) is 21.9 Å². The number of anilines is 1. The van der Waals surface area contributed by atoms with Crippen molar-refractivity contribution in [3.63, 3.8) is 0 Å². The SMILES string of the molecule is Nc1cc(C(=O)NCc2ccno2)c(Cl)cn1. The van der Waals surface area contributed by atoms with E-state index in [1.54, 1.807) is 6.07 Å². The third kappa shape index (κ3) is 2.73. The molecule has 0 unspecified atom stereocenters. The van der Waals surface area contributed by atoms with Gasteiger partial charge >= 0.3 is 0 Å². The molecule has 0 saturated heterocycles. The zero-order valence-electron chi connectivity index (χ0n) is 8.68. The van der Waals surface area contributed by atoms with Gasteiger partial charge in [0.15, 0.2) is 5.76 Å². The van der Waals surface area contributed by atoms with Gasteiger partial charge in [0.1, 0.15) is 5.82 Å². The van der Waals surface area contributed by atoms with E-state index < -0.39 is 0 Å². The summed E-state index contributed by atoms with van der Waals surface area (Å²) in [6.07, 6.45) is 2.83. The Morgan fingerprint density at radius 1 is 1.59 bits per heavy atom. The van der Waals surface area contributed by atoms with Crippen molar-refractivity contribution in [1.29, 1.82) is 0 Å². The van der Waals surface area contributed by atoms with E-state index in [1.165, 1.54) is 18.5 Å². The van der Waals surface area contributed by atoms with Crippen molar-refractivity contribution in [3.8, 4) is 0 Å². The van der Waals surface area contributed by atoms with E-state index in [2.05, 4.69) is 15.5 Å². The minimum atomic E-state index is -0.347. The maximum Gasteiger partial charge on any atom is 0.253 e. The van der Waals surface area contributed by atoms with Gasteiger partial charge < -0.3 is 15.6 Å². The molecule has 0 aliphatic carbocycles. The van der Waals surface area contributed by atoms with Crippen molar-refractivity contribution < 1.29 is 9.32 Å². The fraction of sp³-hybridized carbons (Fsp3) is 0.100. The molecule has 2 rings (SSSR count). The lowest BCUT2D eigenvalue weighted by molar-refractivity contribution is 0.0947. The zero-order valence-corrected chi connectivity index (χ0v) is 9.44. The molecule has 7 heteroatoms. The Labute approximate surface area is 102 Å². The molecule has 2 heterocycles.